The zero-order valence-corrected chi connectivity index (χ0v) is 15.9. The Kier molecular flexibility index (Phi) is 5.25. The van der Waals surface area contributed by atoms with Crippen molar-refractivity contribution in [3.05, 3.63) is 44.1 Å². The van der Waals surface area contributed by atoms with Gasteiger partial charge in [-0.15, -0.1) is 6.42 Å². The zero-order valence-electron chi connectivity index (χ0n) is 14.3. The van der Waals surface area contributed by atoms with Crippen LogP contribution in [0.3, 0.4) is 0 Å². The zero-order chi connectivity index (χ0) is 19.6. The van der Waals surface area contributed by atoms with Crippen LogP contribution in [0.2, 0.25) is 0 Å². The number of amides is 1. The molecule has 0 aliphatic carbocycles. The lowest BCUT2D eigenvalue weighted by molar-refractivity contribution is -0.380. The van der Waals surface area contributed by atoms with Crippen molar-refractivity contribution in [2.45, 2.75) is 6.54 Å². The minimum atomic E-state index is -0.565. The number of thiophene rings is 1. The third-order valence-electron chi connectivity index (χ3n) is 3.62. The number of methoxy groups -OCH3 is 2. The highest BCUT2D eigenvalue weighted by Gasteiger charge is 2.16. The van der Waals surface area contributed by atoms with Crippen molar-refractivity contribution in [2.75, 3.05) is 14.2 Å². The predicted octanol–water partition coefficient (Wildman–Crippen LogP) is 3.06. The molecular formula is C17H13N3O5S2. The lowest BCUT2D eigenvalue weighted by Crippen LogP contribution is -2.16. The molecular weight excluding hydrogens is 390 g/mol. The first-order chi connectivity index (χ1) is 13.0. The van der Waals surface area contributed by atoms with E-state index in [2.05, 4.69) is 10.9 Å². The minimum Gasteiger partial charge on any atom is -0.493 e. The third kappa shape index (κ3) is 3.55. The molecule has 3 aromatic rings. The number of carbonyl (C=O) groups excluding carboxylic acids is 1. The SMILES string of the molecule is C#CCn1c(=NC(=O)c2ccc([N+](=O)[O-])s2)sc2cc(OC)c(OC)cc21. The Morgan fingerprint density at radius 3 is 2.59 bits per heavy atom. The molecule has 138 valence electrons. The number of nitro groups is 1. The number of nitrogens with zero attached hydrogens (tertiary/aromatic N) is 3. The standard InChI is InChI=1S/C17H13N3O5S2/c1-4-7-19-10-8-11(24-2)12(25-3)9-14(10)27-17(19)18-16(21)13-5-6-15(26-13)20(22)23/h1,5-6,8-9H,7H2,2-3H3. The number of rotatable bonds is 5. The first kappa shape index (κ1) is 18.6. The number of fused-ring (bicyclic) bond motifs is 1. The van der Waals surface area contributed by atoms with Gasteiger partial charge in [-0.2, -0.15) is 4.99 Å². The van der Waals surface area contributed by atoms with Gasteiger partial charge in [-0.1, -0.05) is 28.6 Å². The number of hydrogen-bond acceptors (Lipinski definition) is 7. The van der Waals surface area contributed by atoms with Crippen molar-refractivity contribution in [1.29, 1.82) is 0 Å². The summed E-state index contributed by atoms with van der Waals surface area (Å²) >= 11 is 2.04. The Hall–Kier alpha value is -3.16. The van der Waals surface area contributed by atoms with Gasteiger partial charge in [0.2, 0.25) is 0 Å². The molecule has 1 amide bonds. The highest BCUT2D eigenvalue weighted by molar-refractivity contribution is 7.17. The molecule has 0 saturated carbocycles. The first-order valence-electron chi connectivity index (χ1n) is 7.50. The Labute approximate surface area is 161 Å². The van der Waals surface area contributed by atoms with Gasteiger partial charge in [0.15, 0.2) is 16.3 Å². The summed E-state index contributed by atoms with van der Waals surface area (Å²) in [6, 6.07) is 6.22. The predicted molar refractivity (Wildman–Crippen MR) is 103 cm³/mol. The molecule has 1 aromatic carbocycles. The van der Waals surface area contributed by atoms with Crippen LogP contribution in [-0.2, 0) is 6.54 Å². The molecule has 0 spiro atoms. The molecule has 10 heteroatoms. The molecule has 0 atom stereocenters. The second kappa shape index (κ2) is 7.61. The van der Waals surface area contributed by atoms with Gasteiger partial charge in [0.05, 0.1) is 35.9 Å². The number of thiazole rings is 1. The average molecular weight is 403 g/mol. The highest BCUT2D eigenvalue weighted by Crippen LogP contribution is 2.33. The van der Waals surface area contributed by atoms with Crippen LogP contribution in [0.15, 0.2) is 29.3 Å². The summed E-state index contributed by atoms with van der Waals surface area (Å²) in [5.41, 5.74) is 0.749. The van der Waals surface area contributed by atoms with Gasteiger partial charge in [-0.3, -0.25) is 14.9 Å². The van der Waals surface area contributed by atoms with Gasteiger partial charge < -0.3 is 14.0 Å². The molecule has 0 aliphatic rings. The Balaban J connectivity index is 2.15. The lowest BCUT2D eigenvalue weighted by Gasteiger charge is -2.08. The summed E-state index contributed by atoms with van der Waals surface area (Å²) in [5, 5.41) is 10.7. The van der Waals surface area contributed by atoms with Crippen LogP contribution in [0.5, 0.6) is 11.5 Å². The summed E-state index contributed by atoms with van der Waals surface area (Å²) < 4.78 is 13.1. The second-order valence-corrected chi connectivity index (χ2v) is 7.23. The van der Waals surface area contributed by atoms with Gasteiger partial charge in [0.25, 0.3) is 5.91 Å². The minimum absolute atomic E-state index is 0.115. The van der Waals surface area contributed by atoms with E-state index in [-0.39, 0.29) is 16.4 Å². The van der Waals surface area contributed by atoms with E-state index in [4.69, 9.17) is 15.9 Å². The lowest BCUT2D eigenvalue weighted by atomic mass is 10.3. The van der Waals surface area contributed by atoms with Crippen molar-refractivity contribution in [2.24, 2.45) is 4.99 Å². The van der Waals surface area contributed by atoms with Crippen molar-refractivity contribution >= 4 is 43.8 Å². The summed E-state index contributed by atoms with van der Waals surface area (Å²) in [6.45, 7) is 0.201. The summed E-state index contributed by atoms with van der Waals surface area (Å²) in [6.07, 6.45) is 5.46. The van der Waals surface area contributed by atoms with Crippen LogP contribution in [0.4, 0.5) is 5.00 Å². The topological polar surface area (TPSA) is 96.0 Å². The van der Waals surface area contributed by atoms with E-state index in [1.165, 1.54) is 37.7 Å². The van der Waals surface area contributed by atoms with Gasteiger partial charge in [0, 0.05) is 18.2 Å². The molecule has 27 heavy (non-hydrogen) atoms. The van der Waals surface area contributed by atoms with Crippen LogP contribution in [-0.4, -0.2) is 29.6 Å². The van der Waals surface area contributed by atoms with Gasteiger partial charge in [-0.05, 0) is 6.07 Å². The van der Waals surface area contributed by atoms with E-state index in [1.807, 2.05) is 0 Å². The molecule has 0 saturated heterocycles. The fraction of sp³-hybridized carbons (Fsp3) is 0.176. The van der Waals surface area contributed by atoms with Crippen LogP contribution in [0, 0.1) is 22.5 Å². The molecule has 2 aromatic heterocycles. The largest absolute Gasteiger partial charge is 0.493 e. The van der Waals surface area contributed by atoms with Crippen LogP contribution < -0.4 is 14.3 Å². The van der Waals surface area contributed by atoms with Crippen LogP contribution in [0.1, 0.15) is 9.67 Å². The number of ether oxygens (including phenoxy) is 2. The van der Waals surface area contributed by atoms with Gasteiger partial charge in [0.1, 0.15) is 4.88 Å². The Morgan fingerprint density at radius 1 is 1.30 bits per heavy atom. The fourth-order valence-corrected chi connectivity index (χ4v) is 4.15. The quantitative estimate of drug-likeness (QED) is 0.371. The second-order valence-electron chi connectivity index (χ2n) is 5.16. The first-order valence-corrected chi connectivity index (χ1v) is 9.14. The number of benzene rings is 1. The number of hydrogen-bond donors (Lipinski definition) is 0. The van der Waals surface area contributed by atoms with E-state index >= 15 is 0 Å². The molecule has 0 unspecified atom stereocenters. The molecule has 8 nitrogen and oxygen atoms in total. The van der Waals surface area contributed by atoms with Crippen molar-refractivity contribution in [3.8, 4) is 23.8 Å². The van der Waals surface area contributed by atoms with Gasteiger partial charge >= 0.3 is 5.00 Å². The monoisotopic (exact) mass is 403 g/mol. The van der Waals surface area contributed by atoms with E-state index < -0.39 is 10.8 Å². The average Bonchev–Trinajstić information content (AvgIpc) is 3.26. The normalized spacial score (nSPS) is 11.4. The Bertz CT molecular complexity index is 1150. The maximum atomic E-state index is 12.4. The van der Waals surface area contributed by atoms with E-state index in [0.717, 1.165) is 21.6 Å². The number of terminal acetylenes is 1. The van der Waals surface area contributed by atoms with E-state index in [0.29, 0.717) is 16.3 Å². The smallest absolute Gasteiger partial charge is 0.324 e. The third-order valence-corrected chi connectivity index (χ3v) is 5.68. The molecule has 0 bridgehead atoms. The maximum Gasteiger partial charge on any atom is 0.324 e. The molecule has 0 N–H and O–H groups in total. The summed E-state index contributed by atoms with van der Waals surface area (Å²) in [5.74, 6) is 3.05. The van der Waals surface area contributed by atoms with E-state index in [1.54, 1.807) is 16.7 Å². The maximum absolute atomic E-state index is 12.4. The van der Waals surface area contributed by atoms with Crippen LogP contribution in [0.25, 0.3) is 10.2 Å². The van der Waals surface area contributed by atoms with Gasteiger partial charge in [-0.25, -0.2) is 0 Å². The molecule has 0 radical (unpaired) electrons. The number of carbonyl (C=O) groups is 1. The molecule has 0 aliphatic heterocycles. The summed E-state index contributed by atoms with van der Waals surface area (Å²) in [7, 11) is 3.06. The van der Waals surface area contributed by atoms with E-state index in [9.17, 15) is 14.9 Å². The van der Waals surface area contributed by atoms with Crippen LogP contribution >= 0.6 is 22.7 Å². The molecule has 0 fully saturated rings. The fourth-order valence-electron chi connectivity index (χ4n) is 2.41. The van der Waals surface area contributed by atoms with Crippen molar-refractivity contribution in [3.63, 3.8) is 0 Å². The highest BCUT2D eigenvalue weighted by atomic mass is 32.1. The van der Waals surface area contributed by atoms with Crippen molar-refractivity contribution in [1.82, 2.24) is 4.57 Å². The van der Waals surface area contributed by atoms with Crippen molar-refractivity contribution < 1.29 is 19.2 Å². The molecule has 3 rings (SSSR count). The Morgan fingerprint density at radius 2 is 2.00 bits per heavy atom. The summed E-state index contributed by atoms with van der Waals surface area (Å²) in [4.78, 5) is 27.4. The molecule has 2 heterocycles. The number of aromatic nitrogens is 1.